The third-order valence-electron chi connectivity index (χ3n) is 5.54. The van der Waals surface area contributed by atoms with E-state index in [0.717, 1.165) is 0 Å². The van der Waals surface area contributed by atoms with Crippen molar-refractivity contribution in [1.29, 1.82) is 0 Å². The van der Waals surface area contributed by atoms with Crippen LogP contribution in [0.15, 0.2) is 65.1 Å². The molecule has 174 valence electrons. The molecule has 1 aliphatic heterocycles. The van der Waals surface area contributed by atoms with Crippen LogP contribution in [-0.4, -0.2) is 42.9 Å². The number of nitrogens with zero attached hydrogens (tertiary/aromatic N) is 1. The first-order valence-electron chi connectivity index (χ1n) is 10.5. The predicted octanol–water partition coefficient (Wildman–Crippen LogP) is 4.21. The zero-order valence-corrected chi connectivity index (χ0v) is 18.7. The normalized spacial score (nSPS) is 18.1. The third kappa shape index (κ3) is 5.42. The van der Waals surface area contributed by atoms with Gasteiger partial charge < -0.3 is 14.1 Å². The lowest BCUT2D eigenvalue weighted by Crippen LogP contribution is -2.46. The number of rotatable bonds is 7. The number of carbonyl (C=O) groups excluding carboxylic acids is 1. The maximum absolute atomic E-state index is 14.0. The Bertz CT molecular complexity index is 1240. The molecule has 0 aliphatic carbocycles. The smallest absolute Gasteiger partial charge is 0.264 e. The van der Waals surface area contributed by atoms with E-state index >= 15 is 0 Å². The summed E-state index contributed by atoms with van der Waals surface area (Å²) in [4.78, 5) is 14.7. The van der Waals surface area contributed by atoms with Crippen molar-refractivity contribution in [3.63, 3.8) is 0 Å². The van der Waals surface area contributed by atoms with Crippen LogP contribution in [-0.2, 0) is 21.2 Å². The van der Waals surface area contributed by atoms with Gasteiger partial charge in [0.15, 0.2) is 27.5 Å². The molecular weight excluding hydrogens is 452 g/mol. The van der Waals surface area contributed by atoms with E-state index in [1.807, 2.05) is 0 Å². The van der Waals surface area contributed by atoms with Crippen molar-refractivity contribution in [3.8, 4) is 17.1 Å². The average molecular weight is 476 g/mol. The van der Waals surface area contributed by atoms with Gasteiger partial charge in [-0.25, -0.2) is 17.2 Å². The van der Waals surface area contributed by atoms with Crippen LogP contribution in [0.3, 0.4) is 0 Å². The van der Waals surface area contributed by atoms with Crippen molar-refractivity contribution in [3.05, 3.63) is 78.1 Å². The lowest BCUT2D eigenvalue weighted by atomic mass is 10.1. The highest BCUT2D eigenvalue weighted by atomic mass is 32.2. The number of furan rings is 1. The van der Waals surface area contributed by atoms with Gasteiger partial charge >= 0.3 is 0 Å². The minimum absolute atomic E-state index is 0.0109. The van der Waals surface area contributed by atoms with Gasteiger partial charge in [-0.15, -0.1) is 0 Å². The molecule has 9 heteroatoms. The number of sulfone groups is 1. The number of carbonyl (C=O) groups is 1. The highest BCUT2D eigenvalue weighted by molar-refractivity contribution is 7.91. The maximum Gasteiger partial charge on any atom is 0.264 e. The quantitative estimate of drug-likeness (QED) is 0.512. The molecule has 4 rings (SSSR count). The van der Waals surface area contributed by atoms with Crippen LogP contribution >= 0.6 is 0 Å². The van der Waals surface area contributed by atoms with E-state index in [9.17, 15) is 22.0 Å². The van der Waals surface area contributed by atoms with E-state index in [0.29, 0.717) is 23.5 Å². The van der Waals surface area contributed by atoms with Crippen LogP contribution in [0.4, 0.5) is 8.78 Å². The average Bonchev–Trinajstić information content (AvgIpc) is 3.39. The van der Waals surface area contributed by atoms with E-state index in [-0.39, 0.29) is 29.6 Å². The van der Waals surface area contributed by atoms with Crippen molar-refractivity contribution in [2.75, 3.05) is 11.5 Å². The molecule has 0 unspecified atom stereocenters. The zero-order valence-electron chi connectivity index (χ0n) is 17.9. The Morgan fingerprint density at radius 3 is 2.52 bits per heavy atom. The van der Waals surface area contributed by atoms with Gasteiger partial charge in [0.2, 0.25) is 0 Å². The number of hydrogen-bond acceptors (Lipinski definition) is 5. The molecule has 6 nitrogen and oxygen atoms in total. The Hall–Kier alpha value is -3.20. The van der Waals surface area contributed by atoms with E-state index in [1.54, 1.807) is 30.3 Å². The summed E-state index contributed by atoms with van der Waals surface area (Å²) >= 11 is 0. The molecule has 0 saturated carbocycles. The van der Waals surface area contributed by atoms with Crippen molar-refractivity contribution >= 4 is 15.7 Å². The van der Waals surface area contributed by atoms with Crippen molar-refractivity contribution in [2.24, 2.45) is 0 Å². The number of benzene rings is 2. The summed E-state index contributed by atoms with van der Waals surface area (Å²) in [6.45, 7) is 1.52. The Balaban J connectivity index is 1.56. The number of hydrogen-bond donors (Lipinski definition) is 0. The fourth-order valence-corrected chi connectivity index (χ4v) is 5.55. The van der Waals surface area contributed by atoms with E-state index < -0.39 is 33.7 Å². The van der Waals surface area contributed by atoms with Crippen LogP contribution in [0.5, 0.6) is 5.75 Å². The van der Waals surface area contributed by atoms with E-state index in [1.165, 1.54) is 42.2 Å². The fraction of sp³-hybridized carbons (Fsp3) is 0.292. The Kier molecular flexibility index (Phi) is 6.51. The van der Waals surface area contributed by atoms with Crippen LogP contribution < -0.4 is 4.74 Å². The number of halogens is 2. The van der Waals surface area contributed by atoms with Crippen molar-refractivity contribution < 1.29 is 31.1 Å². The monoisotopic (exact) mass is 475 g/mol. The predicted molar refractivity (Wildman–Crippen MR) is 118 cm³/mol. The van der Waals surface area contributed by atoms with Gasteiger partial charge in [0.1, 0.15) is 17.3 Å². The maximum atomic E-state index is 14.0. The summed E-state index contributed by atoms with van der Waals surface area (Å²) < 4.78 is 62.7. The summed E-state index contributed by atoms with van der Waals surface area (Å²) in [5, 5.41) is 0. The number of amides is 1. The molecule has 0 spiro atoms. The SMILES string of the molecule is C[C@@H](Oc1ccccc1F)C(=O)N(Cc1ccc(-c2ccc(F)cc2)o1)[C@@H]1CCS(=O)(=O)C1. The summed E-state index contributed by atoms with van der Waals surface area (Å²) in [5.74, 6) is -0.735. The van der Waals surface area contributed by atoms with Crippen LogP contribution in [0, 0.1) is 11.6 Å². The van der Waals surface area contributed by atoms with Gasteiger partial charge in [-0.2, -0.15) is 0 Å². The molecule has 1 aliphatic rings. The first-order valence-corrected chi connectivity index (χ1v) is 12.3. The standard InChI is InChI=1S/C24H23F2NO5S/c1-16(31-23-5-3-2-4-21(23)26)24(28)27(19-12-13-33(29,30)15-19)14-20-10-11-22(32-20)17-6-8-18(25)9-7-17/h2-11,16,19H,12-15H2,1H3/t16-,19-/m1/s1. The Morgan fingerprint density at radius 2 is 1.85 bits per heavy atom. The molecule has 0 radical (unpaired) electrons. The lowest BCUT2D eigenvalue weighted by Gasteiger charge is -2.30. The molecular formula is C24H23F2NO5S. The molecule has 1 amide bonds. The summed E-state index contributed by atoms with van der Waals surface area (Å²) in [7, 11) is -3.26. The van der Waals surface area contributed by atoms with E-state index in [2.05, 4.69) is 0 Å². The van der Waals surface area contributed by atoms with Gasteiger partial charge in [-0.3, -0.25) is 4.79 Å². The second kappa shape index (κ2) is 9.35. The Labute approximate surface area is 190 Å². The zero-order chi connectivity index (χ0) is 23.6. The molecule has 2 atom stereocenters. The summed E-state index contributed by atoms with van der Waals surface area (Å²) in [6.07, 6.45) is -0.747. The van der Waals surface area contributed by atoms with E-state index in [4.69, 9.17) is 9.15 Å². The summed E-state index contributed by atoms with van der Waals surface area (Å²) in [6, 6.07) is 14.4. The second-order valence-corrected chi connectivity index (χ2v) is 10.2. The van der Waals surface area contributed by atoms with Crippen molar-refractivity contribution in [2.45, 2.75) is 32.0 Å². The van der Waals surface area contributed by atoms with Crippen molar-refractivity contribution in [1.82, 2.24) is 4.90 Å². The topological polar surface area (TPSA) is 76.8 Å². The van der Waals surface area contributed by atoms with Gasteiger partial charge in [-0.05, 0) is 61.9 Å². The molecule has 0 N–H and O–H groups in total. The molecule has 0 bridgehead atoms. The molecule has 1 fully saturated rings. The highest BCUT2D eigenvalue weighted by Crippen LogP contribution is 2.27. The molecule has 2 aromatic carbocycles. The van der Waals surface area contributed by atoms with Gasteiger partial charge in [0.25, 0.3) is 5.91 Å². The molecule has 3 aromatic rings. The number of ether oxygens (including phenoxy) is 1. The lowest BCUT2D eigenvalue weighted by molar-refractivity contribution is -0.141. The molecule has 1 aromatic heterocycles. The highest BCUT2D eigenvalue weighted by Gasteiger charge is 2.37. The van der Waals surface area contributed by atoms with Crippen LogP contribution in [0.25, 0.3) is 11.3 Å². The first-order chi connectivity index (χ1) is 15.7. The third-order valence-corrected chi connectivity index (χ3v) is 7.29. The second-order valence-electron chi connectivity index (χ2n) is 7.99. The molecule has 33 heavy (non-hydrogen) atoms. The Morgan fingerprint density at radius 1 is 1.12 bits per heavy atom. The minimum atomic E-state index is -3.26. The minimum Gasteiger partial charge on any atom is -0.478 e. The largest absolute Gasteiger partial charge is 0.478 e. The van der Waals surface area contributed by atoms with Crippen LogP contribution in [0.1, 0.15) is 19.1 Å². The van der Waals surface area contributed by atoms with Gasteiger partial charge in [0.05, 0.1) is 18.1 Å². The molecule has 2 heterocycles. The van der Waals surface area contributed by atoms with Crippen LogP contribution in [0.2, 0.25) is 0 Å². The first kappa shape index (κ1) is 23.0. The number of para-hydroxylation sites is 1. The molecule has 1 saturated heterocycles. The van der Waals surface area contributed by atoms with Gasteiger partial charge in [0, 0.05) is 11.6 Å². The fourth-order valence-electron chi connectivity index (χ4n) is 3.82. The van der Waals surface area contributed by atoms with Gasteiger partial charge in [-0.1, -0.05) is 12.1 Å². The summed E-state index contributed by atoms with van der Waals surface area (Å²) in [5.41, 5.74) is 0.667.